The first-order valence-corrected chi connectivity index (χ1v) is 12.1. The lowest BCUT2D eigenvalue weighted by molar-refractivity contribution is 0.0476. The highest BCUT2D eigenvalue weighted by Gasteiger charge is 2.59. The van der Waals surface area contributed by atoms with Crippen LogP contribution in [-0.4, -0.2) is 39.9 Å². The number of aliphatic hydroxyl groups is 1. The van der Waals surface area contributed by atoms with Gasteiger partial charge in [-0.25, -0.2) is 4.79 Å². The minimum absolute atomic E-state index is 0.0623. The van der Waals surface area contributed by atoms with E-state index < -0.39 is 23.2 Å². The van der Waals surface area contributed by atoms with Crippen molar-refractivity contribution >= 4 is 17.9 Å². The number of carbonyl (C=O) groups excluding carboxylic acids is 1. The molecular weight excluding hydrogens is 422 g/mol. The Kier molecular flexibility index (Phi) is 6.63. The minimum atomic E-state index is -0.980. The average molecular weight is 452 g/mol. The molecule has 0 bridgehead atoms. The lowest BCUT2D eigenvalue weighted by Gasteiger charge is -2.41. The van der Waals surface area contributed by atoms with Gasteiger partial charge in [0.2, 0.25) is 0 Å². The number of thioether (sulfide) groups is 1. The fourth-order valence-corrected chi connectivity index (χ4v) is 5.66. The first-order chi connectivity index (χ1) is 15.5. The number of furan rings is 1. The van der Waals surface area contributed by atoms with Crippen molar-refractivity contribution in [3.8, 4) is 0 Å². The highest BCUT2D eigenvalue weighted by atomic mass is 32.2. The first kappa shape index (κ1) is 22.5. The van der Waals surface area contributed by atoms with Crippen molar-refractivity contribution in [2.75, 3.05) is 6.26 Å². The fraction of sp³-hybridized carbons (Fsp3) is 0.346. The molecule has 32 heavy (non-hydrogen) atoms. The molecule has 1 aliphatic rings. The van der Waals surface area contributed by atoms with Gasteiger partial charge < -0.3 is 14.3 Å². The lowest BCUT2D eigenvalue weighted by atomic mass is 9.75. The molecule has 1 aliphatic heterocycles. The van der Waals surface area contributed by atoms with Crippen molar-refractivity contribution in [1.29, 1.82) is 0 Å². The zero-order valence-electron chi connectivity index (χ0n) is 18.5. The normalized spacial score (nSPS) is 19.7. The number of hydrogen-bond donors (Lipinski definition) is 1. The SMILES string of the molecule is CS[C@@H]([C@@H](O)Cc1ccco1)N1C(=O)OC(c2ccccc2)(c2ccccc2)[C@@H]1C(C)C. The van der Waals surface area contributed by atoms with Gasteiger partial charge in [-0.1, -0.05) is 74.5 Å². The van der Waals surface area contributed by atoms with Crippen LogP contribution in [0.1, 0.15) is 30.7 Å². The quantitative estimate of drug-likeness (QED) is 0.504. The zero-order valence-corrected chi connectivity index (χ0v) is 19.4. The van der Waals surface area contributed by atoms with Gasteiger partial charge in [-0.3, -0.25) is 4.90 Å². The second-order valence-electron chi connectivity index (χ2n) is 8.41. The molecule has 4 rings (SSSR count). The zero-order chi connectivity index (χ0) is 22.7. The van der Waals surface area contributed by atoms with E-state index in [0.29, 0.717) is 12.2 Å². The Morgan fingerprint density at radius 1 is 1.00 bits per heavy atom. The van der Waals surface area contributed by atoms with Crippen LogP contribution in [0, 0.1) is 5.92 Å². The topological polar surface area (TPSA) is 62.9 Å². The summed E-state index contributed by atoms with van der Waals surface area (Å²) in [6.45, 7) is 4.19. The first-order valence-electron chi connectivity index (χ1n) is 10.8. The van der Waals surface area contributed by atoms with Crippen molar-refractivity contribution in [2.24, 2.45) is 5.92 Å². The molecule has 0 saturated carbocycles. The third kappa shape index (κ3) is 3.93. The highest BCUT2D eigenvalue weighted by molar-refractivity contribution is 7.99. The summed E-state index contributed by atoms with van der Waals surface area (Å²) in [6.07, 6.45) is 2.58. The van der Waals surface area contributed by atoms with E-state index in [1.54, 1.807) is 17.2 Å². The number of amides is 1. The molecule has 6 heteroatoms. The molecule has 1 saturated heterocycles. The molecule has 3 atom stereocenters. The maximum absolute atomic E-state index is 13.5. The number of hydrogen-bond acceptors (Lipinski definition) is 5. The van der Waals surface area contributed by atoms with Gasteiger partial charge in [-0.05, 0) is 24.3 Å². The number of ether oxygens (including phenoxy) is 1. The Bertz CT molecular complexity index is 967. The summed E-state index contributed by atoms with van der Waals surface area (Å²) in [5.41, 5.74) is 0.855. The third-order valence-corrected chi connectivity index (χ3v) is 7.07. The number of carbonyl (C=O) groups is 1. The van der Waals surface area contributed by atoms with E-state index in [9.17, 15) is 9.90 Å². The Balaban J connectivity index is 1.82. The molecule has 0 unspecified atom stereocenters. The number of cyclic esters (lactones) is 1. The molecular formula is C26H29NO4S. The van der Waals surface area contributed by atoms with Crippen LogP contribution in [0.2, 0.25) is 0 Å². The Labute approximate surface area is 193 Å². The number of benzene rings is 2. The van der Waals surface area contributed by atoms with Crippen molar-refractivity contribution in [3.05, 3.63) is 95.9 Å². The van der Waals surface area contributed by atoms with Gasteiger partial charge >= 0.3 is 6.09 Å². The van der Waals surface area contributed by atoms with Crippen LogP contribution >= 0.6 is 11.8 Å². The molecule has 1 fully saturated rings. The molecule has 0 spiro atoms. The van der Waals surface area contributed by atoms with Gasteiger partial charge in [-0.15, -0.1) is 11.8 Å². The van der Waals surface area contributed by atoms with E-state index in [0.717, 1.165) is 11.1 Å². The van der Waals surface area contributed by atoms with Crippen LogP contribution in [-0.2, 0) is 16.8 Å². The largest absolute Gasteiger partial charge is 0.469 e. The summed E-state index contributed by atoms with van der Waals surface area (Å²) < 4.78 is 11.8. The number of nitrogens with zero attached hydrogens (tertiary/aromatic N) is 1. The second kappa shape index (κ2) is 9.43. The second-order valence-corrected chi connectivity index (χ2v) is 9.36. The lowest BCUT2D eigenvalue weighted by Crippen LogP contribution is -2.53. The van der Waals surface area contributed by atoms with Gasteiger partial charge in [0, 0.05) is 17.5 Å². The van der Waals surface area contributed by atoms with Gasteiger partial charge in [0.25, 0.3) is 0 Å². The molecule has 1 N–H and O–H groups in total. The van der Waals surface area contributed by atoms with E-state index in [2.05, 4.69) is 13.8 Å². The molecule has 1 aromatic heterocycles. The maximum Gasteiger partial charge on any atom is 0.412 e. The summed E-state index contributed by atoms with van der Waals surface area (Å²) in [7, 11) is 0. The molecule has 1 amide bonds. The van der Waals surface area contributed by atoms with Gasteiger partial charge in [-0.2, -0.15) is 0 Å². The van der Waals surface area contributed by atoms with Crippen LogP contribution in [0.5, 0.6) is 0 Å². The minimum Gasteiger partial charge on any atom is -0.469 e. The smallest absolute Gasteiger partial charge is 0.412 e. The van der Waals surface area contributed by atoms with Gasteiger partial charge in [0.05, 0.1) is 18.4 Å². The summed E-state index contributed by atoms with van der Waals surface area (Å²) >= 11 is 1.45. The molecule has 0 radical (unpaired) electrons. The number of aliphatic hydroxyl groups excluding tert-OH is 1. The maximum atomic E-state index is 13.5. The van der Waals surface area contributed by atoms with Gasteiger partial charge in [0.15, 0.2) is 5.60 Å². The predicted octanol–water partition coefficient (Wildman–Crippen LogP) is 5.29. The molecule has 2 heterocycles. The average Bonchev–Trinajstić information content (AvgIpc) is 3.42. The van der Waals surface area contributed by atoms with Crippen LogP contribution in [0.4, 0.5) is 4.79 Å². The summed E-state index contributed by atoms with van der Waals surface area (Å²) in [5, 5.41) is 10.6. The van der Waals surface area contributed by atoms with E-state index >= 15 is 0 Å². The molecule has 5 nitrogen and oxygen atoms in total. The van der Waals surface area contributed by atoms with Crippen molar-refractivity contribution < 1.29 is 19.1 Å². The highest BCUT2D eigenvalue weighted by Crippen LogP contribution is 2.49. The molecule has 2 aromatic carbocycles. The van der Waals surface area contributed by atoms with Gasteiger partial charge in [0.1, 0.15) is 11.1 Å². The predicted molar refractivity (Wildman–Crippen MR) is 126 cm³/mol. The van der Waals surface area contributed by atoms with Crippen LogP contribution in [0.15, 0.2) is 83.5 Å². The standard InChI is InChI=1S/C26H29NO4S/c1-18(2)23-26(19-11-6-4-7-12-19,20-13-8-5-9-14-20)31-25(29)27(23)24(32-3)22(28)17-21-15-10-16-30-21/h4-16,18,22-24,28H,17H2,1-3H3/t22-,23-,24-/m0/s1. The monoisotopic (exact) mass is 451 g/mol. The van der Waals surface area contributed by atoms with Crippen molar-refractivity contribution in [2.45, 2.75) is 43.4 Å². The molecule has 3 aromatic rings. The summed E-state index contributed by atoms with van der Waals surface area (Å²) in [5.74, 6) is 0.745. The van der Waals surface area contributed by atoms with Crippen LogP contribution in [0.25, 0.3) is 0 Å². The van der Waals surface area contributed by atoms with Crippen LogP contribution in [0.3, 0.4) is 0 Å². The Morgan fingerprint density at radius 2 is 1.59 bits per heavy atom. The number of rotatable bonds is 8. The van der Waals surface area contributed by atoms with E-state index in [1.165, 1.54) is 11.8 Å². The van der Waals surface area contributed by atoms with Crippen LogP contribution < -0.4 is 0 Å². The Morgan fingerprint density at radius 3 is 2.06 bits per heavy atom. The third-order valence-electron chi connectivity index (χ3n) is 6.05. The fourth-order valence-electron chi connectivity index (χ4n) is 4.80. The summed E-state index contributed by atoms with van der Waals surface area (Å²) in [6, 6.07) is 23.1. The molecule has 168 valence electrons. The van der Waals surface area contributed by atoms with E-state index in [-0.39, 0.29) is 12.0 Å². The van der Waals surface area contributed by atoms with Crippen molar-refractivity contribution in [1.82, 2.24) is 4.90 Å². The van der Waals surface area contributed by atoms with Crippen molar-refractivity contribution in [3.63, 3.8) is 0 Å². The van der Waals surface area contributed by atoms with E-state index in [4.69, 9.17) is 9.15 Å². The Hall–Kier alpha value is -2.70. The summed E-state index contributed by atoms with van der Waals surface area (Å²) in [4.78, 5) is 15.3. The molecule has 0 aliphatic carbocycles. The van der Waals surface area contributed by atoms with E-state index in [1.807, 2.05) is 73.0 Å².